The van der Waals surface area contributed by atoms with Gasteiger partial charge in [0.05, 0.1) is 24.3 Å². The van der Waals surface area contributed by atoms with Gasteiger partial charge in [0.2, 0.25) is 0 Å². The molecule has 1 aromatic rings. The van der Waals surface area contributed by atoms with Crippen molar-refractivity contribution in [3.8, 4) is 0 Å². The fraction of sp³-hybridized carbons (Fsp3) is 0.429. The molecule has 0 saturated carbocycles. The summed E-state index contributed by atoms with van der Waals surface area (Å²) in [6.07, 6.45) is 1.56. The quantitative estimate of drug-likeness (QED) is 0.669. The second kappa shape index (κ2) is 6.89. The molecule has 0 atom stereocenters. The predicted molar refractivity (Wildman–Crippen MR) is 67.1 cm³/mol. The summed E-state index contributed by atoms with van der Waals surface area (Å²) in [6.45, 7) is 1.55. The van der Waals surface area contributed by atoms with Gasteiger partial charge in [-0.2, -0.15) is 0 Å². The summed E-state index contributed by atoms with van der Waals surface area (Å²) in [7, 11) is 0. The van der Waals surface area contributed by atoms with Gasteiger partial charge >= 0.3 is 11.9 Å². The number of benzene rings is 1. The summed E-state index contributed by atoms with van der Waals surface area (Å²) in [5.41, 5.74) is 0.842. The standard InChI is InChI=1S/C14H16O5/c15-13-11-3-5-12(6-4-11)14(16)19-10-9-17-7-1-2-8-18-13/h3-6H,1-2,7-10H2. The molecule has 0 aliphatic carbocycles. The monoisotopic (exact) mass is 264 g/mol. The van der Waals surface area contributed by atoms with Crippen molar-refractivity contribution in [2.45, 2.75) is 12.8 Å². The van der Waals surface area contributed by atoms with E-state index in [4.69, 9.17) is 14.2 Å². The molecule has 0 unspecified atom stereocenters. The van der Waals surface area contributed by atoms with E-state index in [1.54, 1.807) is 24.3 Å². The molecule has 0 spiro atoms. The van der Waals surface area contributed by atoms with Gasteiger partial charge in [0.1, 0.15) is 6.61 Å². The van der Waals surface area contributed by atoms with Crippen molar-refractivity contribution >= 4 is 11.9 Å². The van der Waals surface area contributed by atoms with Gasteiger partial charge < -0.3 is 14.2 Å². The Morgan fingerprint density at radius 3 is 1.84 bits per heavy atom. The van der Waals surface area contributed by atoms with Crippen LogP contribution in [0.1, 0.15) is 33.6 Å². The minimum Gasteiger partial charge on any atom is -0.462 e. The van der Waals surface area contributed by atoms with Crippen molar-refractivity contribution in [2.75, 3.05) is 26.4 Å². The number of fused-ring (bicyclic) bond motifs is 12. The van der Waals surface area contributed by atoms with E-state index >= 15 is 0 Å². The molecule has 0 radical (unpaired) electrons. The van der Waals surface area contributed by atoms with E-state index in [9.17, 15) is 9.59 Å². The molecule has 2 bridgehead atoms. The number of esters is 2. The molecule has 1 aromatic carbocycles. The molecular weight excluding hydrogens is 248 g/mol. The second-order valence-electron chi connectivity index (χ2n) is 4.17. The third-order valence-corrected chi connectivity index (χ3v) is 2.73. The summed E-state index contributed by atoms with van der Waals surface area (Å²) in [5, 5.41) is 0. The molecule has 2 aliphatic rings. The first-order valence-electron chi connectivity index (χ1n) is 6.29. The van der Waals surface area contributed by atoms with Crippen LogP contribution in [0.25, 0.3) is 0 Å². The number of carbonyl (C=O) groups excluding carboxylic acids is 2. The maximum atomic E-state index is 11.7. The lowest BCUT2D eigenvalue weighted by Gasteiger charge is -2.05. The van der Waals surface area contributed by atoms with Gasteiger partial charge in [-0.25, -0.2) is 9.59 Å². The highest BCUT2D eigenvalue weighted by molar-refractivity contribution is 5.93. The van der Waals surface area contributed by atoms with Crippen LogP contribution in [0.15, 0.2) is 24.3 Å². The third kappa shape index (κ3) is 4.06. The fourth-order valence-electron chi connectivity index (χ4n) is 1.68. The average Bonchev–Trinajstić information content (AvgIpc) is 2.45. The smallest absolute Gasteiger partial charge is 0.338 e. The largest absolute Gasteiger partial charge is 0.462 e. The van der Waals surface area contributed by atoms with Crippen molar-refractivity contribution in [3.63, 3.8) is 0 Å². The molecule has 5 heteroatoms. The number of carbonyl (C=O) groups is 2. The van der Waals surface area contributed by atoms with Crippen LogP contribution in [-0.4, -0.2) is 38.4 Å². The van der Waals surface area contributed by atoms with E-state index in [1.165, 1.54) is 0 Å². The van der Waals surface area contributed by atoms with Crippen LogP contribution >= 0.6 is 0 Å². The molecular formula is C14H16O5. The molecule has 0 saturated heterocycles. The molecule has 0 amide bonds. The topological polar surface area (TPSA) is 61.8 Å². The molecule has 3 rings (SSSR count). The Bertz CT molecular complexity index is 397. The van der Waals surface area contributed by atoms with Crippen molar-refractivity contribution < 1.29 is 23.8 Å². The summed E-state index contributed by atoms with van der Waals surface area (Å²) in [5.74, 6) is -0.797. The lowest BCUT2D eigenvalue weighted by Crippen LogP contribution is -2.11. The Hall–Kier alpha value is -1.88. The van der Waals surface area contributed by atoms with E-state index in [2.05, 4.69) is 0 Å². The molecule has 2 aliphatic heterocycles. The maximum Gasteiger partial charge on any atom is 0.338 e. The molecule has 0 aromatic heterocycles. The Morgan fingerprint density at radius 1 is 0.684 bits per heavy atom. The predicted octanol–water partition coefficient (Wildman–Crippen LogP) is 1.81. The highest BCUT2D eigenvalue weighted by atomic mass is 16.6. The molecule has 2 heterocycles. The van der Waals surface area contributed by atoms with Crippen LogP contribution in [0.3, 0.4) is 0 Å². The summed E-state index contributed by atoms with van der Waals surface area (Å²) < 4.78 is 15.5. The normalized spacial score (nSPS) is 18.1. The van der Waals surface area contributed by atoms with Gasteiger partial charge in [0, 0.05) is 6.61 Å². The van der Waals surface area contributed by atoms with Crippen LogP contribution in [-0.2, 0) is 14.2 Å². The second-order valence-corrected chi connectivity index (χ2v) is 4.17. The minimum absolute atomic E-state index is 0.232. The van der Waals surface area contributed by atoms with Crippen LogP contribution in [0.5, 0.6) is 0 Å². The Balaban J connectivity index is 2.07. The van der Waals surface area contributed by atoms with E-state index < -0.39 is 5.97 Å². The van der Waals surface area contributed by atoms with Gasteiger partial charge in [-0.3, -0.25) is 0 Å². The van der Waals surface area contributed by atoms with Crippen LogP contribution in [0.4, 0.5) is 0 Å². The van der Waals surface area contributed by atoms with Crippen molar-refractivity contribution in [1.29, 1.82) is 0 Å². The first kappa shape index (κ1) is 13.5. The van der Waals surface area contributed by atoms with Crippen molar-refractivity contribution in [1.82, 2.24) is 0 Å². The lowest BCUT2D eigenvalue weighted by atomic mass is 10.1. The van der Waals surface area contributed by atoms with E-state index in [1.807, 2.05) is 0 Å². The summed E-state index contributed by atoms with van der Waals surface area (Å²) in [4.78, 5) is 23.3. The minimum atomic E-state index is -0.418. The fourth-order valence-corrected chi connectivity index (χ4v) is 1.68. The van der Waals surface area contributed by atoms with Crippen molar-refractivity contribution in [2.24, 2.45) is 0 Å². The first-order valence-corrected chi connectivity index (χ1v) is 6.29. The Labute approximate surface area is 111 Å². The van der Waals surface area contributed by atoms with E-state index in [-0.39, 0.29) is 12.6 Å². The Morgan fingerprint density at radius 2 is 1.21 bits per heavy atom. The molecule has 102 valence electrons. The molecule has 19 heavy (non-hydrogen) atoms. The maximum absolute atomic E-state index is 11.7. The molecule has 0 N–H and O–H groups in total. The van der Waals surface area contributed by atoms with Crippen LogP contribution in [0, 0.1) is 0 Å². The average molecular weight is 264 g/mol. The zero-order valence-corrected chi connectivity index (χ0v) is 10.6. The van der Waals surface area contributed by atoms with Gasteiger partial charge in [-0.1, -0.05) is 0 Å². The van der Waals surface area contributed by atoms with Gasteiger partial charge in [-0.15, -0.1) is 0 Å². The van der Waals surface area contributed by atoms with Gasteiger partial charge in [-0.05, 0) is 37.1 Å². The highest BCUT2D eigenvalue weighted by Gasteiger charge is 2.11. The van der Waals surface area contributed by atoms with Crippen LogP contribution in [0.2, 0.25) is 0 Å². The van der Waals surface area contributed by atoms with E-state index in [0.717, 1.165) is 12.8 Å². The zero-order chi connectivity index (χ0) is 13.5. The number of rotatable bonds is 0. The Kier molecular flexibility index (Phi) is 4.92. The first-order chi connectivity index (χ1) is 9.27. The third-order valence-electron chi connectivity index (χ3n) is 2.73. The summed E-state index contributed by atoms with van der Waals surface area (Å²) in [6, 6.07) is 6.24. The SMILES string of the molecule is O=C1OCCCCOCCOC(=O)c2ccc1cc2. The zero-order valence-electron chi connectivity index (χ0n) is 10.6. The van der Waals surface area contributed by atoms with Crippen LogP contribution < -0.4 is 0 Å². The number of hydrogen-bond donors (Lipinski definition) is 0. The molecule has 0 fully saturated rings. The van der Waals surface area contributed by atoms with Gasteiger partial charge in [0.15, 0.2) is 0 Å². The highest BCUT2D eigenvalue weighted by Crippen LogP contribution is 2.08. The lowest BCUT2D eigenvalue weighted by molar-refractivity contribution is 0.0303. The van der Waals surface area contributed by atoms with Gasteiger partial charge in [0.25, 0.3) is 0 Å². The number of hydrogen-bond acceptors (Lipinski definition) is 5. The van der Waals surface area contributed by atoms with E-state index in [0.29, 0.717) is 30.9 Å². The summed E-state index contributed by atoms with van der Waals surface area (Å²) >= 11 is 0. The number of ether oxygens (including phenoxy) is 3. The van der Waals surface area contributed by atoms with Crippen molar-refractivity contribution in [3.05, 3.63) is 35.4 Å². The molecule has 5 nitrogen and oxygen atoms in total.